The summed E-state index contributed by atoms with van der Waals surface area (Å²) in [7, 11) is 0. The van der Waals surface area contributed by atoms with Crippen molar-refractivity contribution in [2.45, 2.75) is 0 Å². The number of nitrogens with one attached hydrogen (secondary N) is 2. The molecule has 6 heteroatoms. The first-order chi connectivity index (χ1) is 7.25. The third-order valence-corrected chi connectivity index (χ3v) is 2.40. The molecule has 3 rings (SSSR count). The number of hydrazine groups is 2. The van der Waals surface area contributed by atoms with E-state index >= 15 is 0 Å². The van der Waals surface area contributed by atoms with Gasteiger partial charge in [-0.15, -0.1) is 17.5 Å². The Morgan fingerprint density at radius 3 is 2.88 bits per heavy atom. The molecule has 0 aliphatic carbocycles. The van der Waals surface area contributed by atoms with Crippen LogP contribution in [0.15, 0.2) is 24.3 Å². The summed E-state index contributed by atoms with van der Waals surface area (Å²) in [5, 5.41) is 11.2. The molecular weight excluding hydrogens is 215 g/mol. The van der Waals surface area contributed by atoms with Crippen molar-refractivity contribution in [3.8, 4) is 5.75 Å². The fraction of sp³-hybridized carbons (Fsp3) is 0. The molecule has 0 saturated carbocycles. The van der Waals surface area contributed by atoms with Gasteiger partial charge >= 0.3 is 29.6 Å². The normalized spacial score (nSPS) is 12.6. The minimum Gasteiger partial charge on any atom is -0.565 e. The molecule has 2 aromatic rings. The molecule has 5 nitrogen and oxygen atoms in total. The SMILES string of the molecule is [N-]=[N+]1Nc2ccc3c[c-]cc(O)c3c2N1.[Na+]. The predicted octanol–water partition coefficient (Wildman–Crippen LogP) is -0.949. The summed E-state index contributed by atoms with van der Waals surface area (Å²) in [4.78, 5) is 0.750. The Morgan fingerprint density at radius 1 is 1.25 bits per heavy atom. The Labute approximate surface area is 114 Å². The molecule has 2 aromatic carbocycles. The maximum atomic E-state index is 9.72. The number of hydrogen-bond acceptors (Lipinski definition) is 1. The second-order valence-corrected chi connectivity index (χ2v) is 3.33. The van der Waals surface area contributed by atoms with E-state index in [9.17, 15) is 10.6 Å². The largest absolute Gasteiger partial charge is 1.00 e. The maximum Gasteiger partial charge on any atom is 1.00 e. The summed E-state index contributed by atoms with van der Waals surface area (Å²) in [5.74, 6) is 0.133. The summed E-state index contributed by atoms with van der Waals surface area (Å²) < 4.78 is 0. The summed E-state index contributed by atoms with van der Waals surface area (Å²) in [6.07, 6.45) is 0. The molecule has 16 heavy (non-hydrogen) atoms. The van der Waals surface area contributed by atoms with Crippen molar-refractivity contribution in [3.05, 3.63) is 35.9 Å². The molecule has 1 heterocycles. The van der Waals surface area contributed by atoms with Gasteiger partial charge in [0.15, 0.2) is 0 Å². The van der Waals surface area contributed by atoms with Crippen LogP contribution in [0.2, 0.25) is 0 Å². The van der Waals surface area contributed by atoms with Gasteiger partial charge in [0.25, 0.3) is 0 Å². The van der Waals surface area contributed by atoms with Gasteiger partial charge in [-0.2, -0.15) is 12.1 Å². The first kappa shape index (κ1) is 11.2. The second-order valence-electron chi connectivity index (χ2n) is 3.33. The second kappa shape index (κ2) is 3.93. The van der Waals surface area contributed by atoms with Crippen LogP contribution in [0.5, 0.6) is 5.75 Å². The van der Waals surface area contributed by atoms with Crippen LogP contribution in [0.1, 0.15) is 0 Å². The molecule has 1 aliphatic heterocycles. The molecular formula is C10H7N4NaO. The Morgan fingerprint density at radius 2 is 2.06 bits per heavy atom. The van der Waals surface area contributed by atoms with Crippen molar-refractivity contribution in [3.63, 3.8) is 0 Å². The molecule has 0 saturated heterocycles. The van der Waals surface area contributed by atoms with Gasteiger partial charge in [0.05, 0.1) is 5.69 Å². The van der Waals surface area contributed by atoms with E-state index in [1.807, 2.05) is 12.1 Å². The first-order valence-corrected chi connectivity index (χ1v) is 4.44. The molecule has 0 spiro atoms. The van der Waals surface area contributed by atoms with Crippen LogP contribution in [0.3, 0.4) is 0 Å². The van der Waals surface area contributed by atoms with Crippen LogP contribution < -0.4 is 40.4 Å². The number of rotatable bonds is 0. The van der Waals surface area contributed by atoms with Crippen molar-refractivity contribution >= 4 is 22.1 Å². The van der Waals surface area contributed by atoms with Crippen molar-refractivity contribution < 1.29 is 39.6 Å². The topological polar surface area (TPSA) is 69.6 Å². The summed E-state index contributed by atoms with van der Waals surface area (Å²) >= 11 is 0. The maximum absolute atomic E-state index is 9.72. The van der Waals surface area contributed by atoms with Gasteiger partial charge in [0, 0.05) is 11.4 Å². The molecule has 0 aromatic heterocycles. The number of fused-ring (bicyclic) bond motifs is 3. The number of hydrogen-bond donors (Lipinski definition) is 3. The van der Waals surface area contributed by atoms with Gasteiger partial charge in [-0.3, -0.25) is 0 Å². The van der Waals surface area contributed by atoms with E-state index in [0.29, 0.717) is 16.8 Å². The monoisotopic (exact) mass is 222 g/mol. The number of nitrogens with zero attached hydrogens (tertiary/aromatic N) is 2. The van der Waals surface area contributed by atoms with Crippen LogP contribution in [0, 0.1) is 6.07 Å². The minimum atomic E-state index is 0. The quantitative estimate of drug-likeness (QED) is 0.306. The zero-order chi connectivity index (χ0) is 10.4. The smallest absolute Gasteiger partial charge is 0.565 e. The Hall–Kier alpha value is -1.30. The van der Waals surface area contributed by atoms with E-state index in [1.165, 1.54) is 6.07 Å². The molecule has 3 N–H and O–H groups in total. The predicted molar refractivity (Wildman–Crippen MR) is 55.3 cm³/mol. The summed E-state index contributed by atoms with van der Waals surface area (Å²) in [6.45, 7) is 0. The van der Waals surface area contributed by atoms with Crippen molar-refractivity contribution in [1.82, 2.24) is 0 Å². The van der Waals surface area contributed by atoms with E-state index in [0.717, 1.165) is 10.3 Å². The van der Waals surface area contributed by atoms with Crippen LogP contribution in [0.25, 0.3) is 16.3 Å². The molecule has 0 unspecified atom stereocenters. The fourth-order valence-corrected chi connectivity index (χ4v) is 1.75. The van der Waals surface area contributed by atoms with Crippen molar-refractivity contribution in [2.75, 3.05) is 10.9 Å². The van der Waals surface area contributed by atoms with E-state index in [-0.39, 0.29) is 35.3 Å². The summed E-state index contributed by atoms with van der Waals surface area (Å²) in [5.41, 5.74) is 15.9. The number of aromatic hydroxyl groups is 1. The molecule has 0 atom stereocenters. The molecule has 0 amide bonds. The van der Waals surface area contributed by atoms with Crippen LogP contribution in [-0.2, 0) is 0 Å². The average Bonchev–Trinajstić information content (AvgIpc) is 2.58. The molecule has 0 fully saturated rings. The van der Waals surface area contributed by atoms with Crippen molar-refractivity contribution in [1.29, 1.82) is 0 Å². The third-order valence-electron chi connectivity index (χ3n) is 2.40. The van der Waals surface area contributed by atoms with Gasteiger partial charge < -0.3 is 5.11 Å². The molecule has 0 bridgehead atoms. The number of benzene rings is 2. The fourth-order valence-electron chi connectivity index (χ4n) is 1.75. The van der Waals surface area contributed by atoms with E-state index < -0.39 is 0 Å². The van der Waals surface area contributed by atoms with Gasteiger partial charge in [0.2, 0.25) is 0 Å². The van der Waals surface area contributed by atoms with E-state index in [4.69, 9.17) is 0 Å². The van der Waals surface area contributed by atoms with Crippen molar-refractivity contribution in [2.24, 2.45) is 0 Å². The summed E-state index contributed by atoms with van der Waals surface area (Å²) in [6, 6.07) is 9.76. The minimum absolute atomic E-state index is 0. The number of anilines is 2. The van der Waals surface area contributed by atoms with Gasteiger partial charge in [-0.25, -0.2) is 10.9 Å². The zero-order valence-electron chi connectivity index (χ0n) is 8.65. The molecule has 0 radical (unpaired) electrons. The molecule has 74 valence electrons. The zero-order valence-corrected chi connectivity index (χ0v) is 10.7. The van der Waals surface area contributed by atoms with Gasteiger partial charge in [0.1, 0.15) is 0 Å². The number of phenols is 1. The van der Waals surface area contributed by atoms with Crippen LogP contribution in [-0.4, -0.2) is 10.0 Å². The Bertz CT molecular complexity index is 584. The van der Waals surface area contributed by atoms with Crippen LogP contribution in [0.4, 0.5) is 11.4 Å². The third kappa shape index (κ3) is 1.53. The standard InChI is InChI=1S/C10H7N4O.Na/c11-14-12-7-5-4-6-2-1-3-8(15)9(6)10(7)13-14;/h2-5,12-13,15H;/q-1;+1. The Balaban J connectivity index is 0.000000963. The van der Waals surface area contributed by atoms with E-state index in [1.54, 1.807) is 6.07 Å². The average molecular weight is 222 g/mol. The van der Waals surface area contributed by atoms with E-state index in [2.05, 4.69) is 16.9 Å². The first-order valence-electron chi connectivity index (χ1n) is 4.44. The Kier molecular flexibility index (Phi) is 2.75. The van der Waals surface area contributed by atoms with Gasteiger partial charge in [-0.05, 0) is 10.4 Å². The van der Waals surface area contributed by atoms with Gasteiger partial charge in [-0.1, -0.05) is 11.5 Å². The number of phenolic OH excluding ortho intramolecular Hbond substituents is 1. The van der Waals surface area contributed by atoms with Crippen LogP contribution >= 0.6 is 0 Å². The molecule has 1 aliphatic rings.